The maximum atomic E-state index is 13.1. The van der Waals surface area contributed by atoms with E-state index >= 15 is 0 Å². The molecule has 212 valence electrons. The fourth-order valence-corrected chi connectivity index (χ4v) is 5.06. The molecule has 1 saturated heterocycles. The molecular formula is C32H31N7O3. The van der Waals surface area contributed by atoms with Crippen molar-refractivity contribution in [2.24, 2.45) is 0 Å². The van der Waals surface area contributed by atoms with Gasteiger partial charge in [-0.25, -0.2) is 9.97 Å². The molecule has 0 aliphatic carbocycles. The summed E-state index contributed by atoms with van der Waals surface area (Å²) in [5.74, 6) is 2.03. The van der Waals surface area contributed by atoms with Crippen LogP contribution in [-0.2, 0) is 0 Å². The van der Waals surface area contributed by atoms with Crippen LogP contribution in [0.2, 0.25) is 0 Å². The number of amides is 2. The van der Waals surface area contributed by atoms with Crippen LogP contribution in [0.5, 0.6) is 11.5 Å². The molecule has 1 fully saturated rings. The van der Waals surface area contributed by atoms with Gasteiger partial charge in [0, 0.05) is 48.7 Å². The Labute approximate surface area is 243 Å². The Morgan fingerprint density at radius 3 is 2.48 bits per heavy atom. The van der Waals surface area contributed by atoms with Gasteiger partial charge in [0.2, 0.25) is 0 Å². The predicted octanol–water partition coefficient (Wildman–Crippen LogP) is 5.73. The average Bonchev–Trinajstić information content (AvgIpc) is 3.41. The number of nitrogens with one attached hydrogen (secondary N) is 3. The second-order valence-electron chi connectivity index (χ2n) is 10.5. The number of ether oxygens (including phenoxy) is 1. The topological polar surface area (TPSA) is 125 Å². The Kier molecular flexibility index (Phi) is 7.50. The minimum atomic E-state index is -0.255. The number of rotatable bonds is 7. The number of pyridine rings is 2. The van der Waals surface area contributed by atoms with Crippen LogP contribution < -0.4 is 15.4 Å². The van der Waals surface area contributed by atoms with E-state index < -0.39 is 0 Å². The molecule has 1 atom stereocenters. The molecule has 0 bridgehead atoms. The molecule has 5 aromatic rings. The second-order valence-corrected chi connectivity index (χ2v) is 10.5. The number of hydrogen-bond acceptors (Lipinski definition) is 7. The number of hydrogen-bond donors (Lipinski definition) is 3. The molecule has 0 unspecified atom stereocenters. The maximum Gasteiger partial charge on any atom is 0.256 e. The van der Waals surface area contributed by atoms with Gasteiger partial charge in [-0.05, 0) is 80.8 Å². The highest BCUT2D eigenvalue weighted by atomic mass is 16.5. The van der Waals surface area contributed by atoms with E-state index in [-0.39, 0.29) is 17.9 Å². The maximum absolute atomic E-state index is 13.1. The largest absolute Gasteiger partial charge is 0.456 e. The number of aromatic nitrogens is 4. The lowest BCUT2D eigenvalue weighted by Gasteiger charge is -2.33. The van der Waals surface area contributed by atoms with Gasteiger partial charge in [0.25, 0.3) is 11.8 Å². The third kappa shape index (κ3) is 5.92. The van der Waals surface area contributed by atoms with Crippen LogP contribution in [0.25, 0.3) is 11.0 Å². The number of likely N-dealkylation sites (tertiary alicyclic amines) is 1. The van der Waals surface area contributed by atoms with E-state index in [0.717, 1.165) is 30.5 Å². The summed E-state index contributed by atoms with van der Waals surface area (Å²) >= 11 is 0. The first-order chi connectivity index (χ1) is 20.4. The molecule has 2 amide bonds. The van der Waals surface area contributed by atoms with E-state index in [1.54, 1.807) is 42.7 Å². The number of fused-ring (bicyclic) bond motifs is 1. The Morgan fingerprint density at radius 1 is 0.929 bits per heavy atom. The predicted molar refractivity (Wildman–Crippen MR) is 161 cm³/mol. The summed E-state index contributed by atoms with van der Waals surface area (Å²) < 4.78 is 6.23. The molecule has 10 nitrogen and oxygen atoms in total. The van der Waals surface area contributed by atoms with Gasteiger partial charge in [0.05, 0.1) is 0 Å². The van der Waals surface area contributed by atoms with E-state index in [0.29, 0.717) is 51.8 Å². The zero-order valence-electron chi connectivity index (χ0n) is 23.4. The van der Waals surface area contributed by atoms with Crippen molar-refractivity contribution in [3.05, 3.63) is 101 Å². The van der Waals surface area contributed by atoms with Crippen molar-refractivity contribution in [1.29, 1.82) is 0 Å². The summed E-state index contributed by atoms with van der Waals surface area (Å²) in [6.07, 6.45) is 5.10. The van der Waals surface area contributed by atoms with E-state index in [4.69, 9.17) is 4.74 Å². The first kappa shape index (κ1) is 26.9. The van der Waals surface area contributed by atoms with Crippen LogP contribution in [0.3, 0.4) is 0 Å². The molecule has 1 aliphatic heterocycles. The highest BCUT2D eigenvalue weighted by Gasteiger charge is 2.26. The molecule has 4 heterocycles. The fourth-order valence-electron chi connectivity index (χ4n) is 5.06. The van der Waals surface area contributed by atoms with Crippen LogP contribution in [0, 0.1) is 13.8 Å². The number of aromatic amines is 1. The third-order valence-electron chi connectivity index (χ3n) is 7.27. The van der Waals surface area contributed by atoms with E-state index in [9.17, 15) is 9.59 Å². The Balaban J connectivity index is 1.15. The molecule has 6 rings (SSSR count). The number of nitrogens with zero attached hydrogens (tertiary/aromatic N) is 4. The molecular weight excluding hydrogens is 530 g/mol. The van der Waals surface area contributed by atoms with Gasteiger partial charge < -0.3 is 20.3 Å². The average molecular weight is 562 g/mol. The van der Waals surface area contributed by atoms with Gasteiger partial charge in [-0.1, -0.05) is 17.7 Å². The van der Waals surface area contributed by atoms with Crippen molar-refractivity contribution in [1.82, 2.24) is 25.1 Å². The molecule has 1 aliphatic rings. The zero-order valence-corrected chi connectivity index (χ0v) is 23.4. The van der Waals surface area contributed by atoms with Gasteiger partial charge in [-0.2, -0.15) is 5.10 Å². The van der Waals surface area contributed by atoms with Crippen LogP contribution in [0.1, 0.15) is 44.7 Å². The molecule has 2 aromatic carbocycles. The third-order valence-corrected chi connectivity index (χ3v) is 7.27. The van der Waals surface area contributed by atoms with Crippen molar-refractivity contribution in [2.75, 3.05) is 23.7 Å². The van der Waals surface area contributed by atoms with Gasteiger partial charge in [0.1, 0.15) is 22.7 Å². The van der Waals surface area contributed by atoms with Crippen LogP contribution >= 0.6 is 0 Å². The van der Waals surface area contributed by atoms with Crippen LogP contribution in [-0.4, -0.2) is 56.0 Å². The molecule has 3 aromatic heterocycles. The first-order valence-corrected chi connectivity index (χ1v) is 13.9. The molecule has 0 spiro atoms. The minimum Gasteiger partial charge on any atom is -0.456 e. The SMILES string of the molecule is Cc1ccc(C(=O)N2CCC[C@@H](Nc3n[nH]c4nccc(Oc5ccc(C(=O)Nc6cc(C)ccn6)cc5)c34)C2)cc1. The summed E-state index contributed by atoms with van der Waals surface area (Å²) in [5.41, 5.74) is 3.90. The van der Waals surface area contributed by atoms with Crippen LogP contribution in [0.4, 0.5) is 11.6 Å². The molecule has 10 heteroatoms. The lowest BCUT2D eigenvalue weighted by atomic mass is 10.0. The Bertz CT molecular complexity index is 1730. The van der Waals surface area contributed by atoms with Gasteiger partial charge in [0.15, 0.2) is 11.5 Å². The number of carbonyl (C=O) groups is 2. The lowest BCUT2D eigenvalue weighted by molar-refractivity contribution is 0.0714. The van der Waals surface area contributed by atoms with Crippen molar-refractivity contribution in [3.8, 4) is 11.5 Å². The Hall–Kier alpha value is -5.25. The highest BCUT2D eigenvalue weighted by Crippen LogP contribution is 2.33. The van der Waals surface area contributed by atoms with Crippen molar-refractivity contribution in [2.45, 2.75) is 32.7 Å². The highest BCUT2D eigenvalue weighted by molar-refractivity contribution is 6.03. The van der Waals surface area contributed by atoms with Gasteiger partial charge in [-0.15, -0.1) is 0 Å². The monoisotopic (exact) mass is 561 g/mol. The molecule has 3 N–H and O–H groups in total. The molecule has 0 radical (unpaired) electrons. The quantitative estimate of drug-likeness (QED) is 0.232. The van der Waals surface area contributed by atoms with Gasteiger partial charge >= 0.3 is 0 Å². The van der Waals surface area contributed by atoms with Crippen molar-refractivity contribution < 1.29 is 14.3 Å². The number of anilines is 2. The van der Waals surface area contributed by atoms with Gasteiger partial charge in [-0.3, -0.25) is 14.7 Å². The smallest absolute Gasteiger partial charge is 0.256 e. The summed E-state index contributed by atoms with van der Waals surface area (Å²) in [6.45, 7) is 5.24. The number of piperidine rings is 1. The number of H-pyrrole nitrogens is 1. The molecule has 0 saturated carbocycles. The van der Waals surface area contributed by atoms with Crippen LogP contribution in [0.15, 0.2) is 79.1 Å². The number of benzene rings is 2. The van der Waals surface area contributed by atoms with E-state index in [2.05, 4.69) is 30.8 Å². The minimum absolute atomic E-state index is 0.0217. The Morgan fingerprint density at radius 2 is 1.69 bits per heavy atom. The summed E-state index contributed by atoms with van der Waals surface area (Å²) in [5, 5.41) is 14.5. The summed E-state index contributed by atoms with van der Waals surface area (Å²) in [4.78, 5) is 36.3. The lowest BCUT2D eigenvalue weighted by Crippen LogP contribution is -2.45. The van der Waals surface area contributed by atoms with Crippen molar-refractivity contribution in [3.63, 3.8) is 0 Å². The number of carbonyl (C=O) groups excluding carboxylic acids is 2. The normalized spacial score (nSPS) is 14.9. The second kappa shape index (κ2) is 11.7. The number of aryl methyl sites for hydroxylation is 2. The summed E-state index contributed by atoms with van der Waals surface area (Å²) in [7, 11) is 0. The standard InChI is InChI=1S/C32H31N7O3/c1-20-5-7-23(8-6-20)32(41)39-17-3-4-24(19-39)35-30-28-26(14-16-34-29(28)37-38-30)42-25-11-9-22(10-12-25)31(40)36-27-18-21(2)13-15-33-27/h5-16,18,24H,3-4,17,19H2,1-2H3,(H,33,36,40)(H2,34,35,37,38)/t24-/m1/s1. The fraction of sp³-hybridized carbons (Fsp3) is 0.219. The van der Waals surface area contributed by atoms with E-state index in [1.807, 2.05) is 55.1 Å². The first-order valence-electron chi connectivity index (χ1n) is 13.9. The van der Waals surface area contributed by atoms with Crippen molar-refractivity contribution >= 4 is 34.5 Å². The van der Waals surface area contributed by atoms with E-state index in [1.165, 1.54) is 0 Å². The summed E-state index contributed by atoms with van der Waals surface area (Å²) in [6, 6.07) is 20.1. The molecule has 42 heavy (non-hydrogen) atoms. The zero-order chi connectivity index (χ0) is 29.1.